The van der Waals surface area contributed by atoms with E-state index in [1.165, 1.54) is 6.07 Å². The summed E-state index contributed by atoms with van der Waals surface area (Å²) in [5, 5.41) is 26.2. The maximum Gasteiger partial charge on any atom is 0.273 e. The maximum absolute atomic E-state index is 11.8. The molecule has 1 aromatic carbocycles. The highest BCUT2D eigenvalue weighted by molar-refractivity contribution is 5.79. The first-order valence-corrected chi connectivity index (χ1v) is 6.45. The Morgan fingerprint density at radius 2 is 2.20 bits per heavy atom. The van der Waals surface area contributed by atoms with Crippen molar-refractivity contribution >= 4 is 11.6 Å². The SMILES string of the molecule is O=C(Cc1ccccc1[N+](=O)[O-])NCC1CNCC1O. The Morgan fingerprint density at radius 1 is 1.45 bits per heavy atom. The molecule has 2 atom stereocenters. The standard InChI is InChI=1S/C13H17N3O4/c17-12-8-14-6-10(12)7-15-13(18)5-9-3-1-2-4-11(9)16(19)20/h1-4,10,12,14,17H,5-8H2,(H,15,18). The average Bonchev–Trinajstić information content (AvgIpc) is 2.82. The van der Waals surface area contributed by atoms with Gasteiger partial charge in [0.25, 0.3) is 5.69 Å². The van der Waals surface area contributed by atoms with E-state index in [1.54, 1.807) is 18.2 Å². The lowest BCUT2D eigenvalue weighted by Crippen LogP contribution is -2.35. The van der Waals surface area contributed by atoms with Crippen molar-refractivity contribution in [3.8, 4) is 0 Å². The van der Waals surface area contributed by atoms with E-state index in [0.717, 1.165) is 0 Å². The van der Waals surface area contributed by atoms with Gasteiger partial charge in [0.1, 0.15) is 0 Å². The van der Waals surface area contributed by atoms with Crippen molar-refractivity contribution in [2.45, 2.75) is 12.5 Å². The Hall–Kier alpha value is -1.99. The second kappa shape index (κ2) is 6.44. The fraction of sp³-hybridized carbons (Fsp3) is 0.462. The van der Waals surface area contributed by atoms with E-state index >= 15 is 0 Å². The zero-order valence-electron chi connectivity index (χ0n) is 10.9. The fourth-order valence-electron chi connectivity index (χ4n) is 2.25. The van der Waals surface area contributed by atoms with Gasteiger partial charge in [0.05, 0.1) is 17.4 Å². The van der Waals surface area contributed by atoms with Crippen LogP contribution in [0.4, 0.5) is 5.69 Å². The molecule has 7 heteroatoms. The normalized spacial score (nSPS) is 21.6. The van der Waals surface area contributed by atoms with Crippen LogP contribution in [0.15, 0.2) is 24.3 Å². The summed E-state index contributed by atoms with van der Waals surface area (Å²) < 4.78 is 0. The predicted octanol–water partition coefficient (Wildman–Crippen LogP) is -0.166. The number of nitro benzene ring substituents is 1. The molecular weight excluding hydrogens is 262 g/mol. The van der Waals surface area contributed by atoms with Crippen LogP contribution in [-0.4, -0.2) is 41.7 Å². The van der Waals surface area contributed by atoms with Crippen LogP contribution >= 0.6 is 0 Å². The molecule has 1 aromatic rings. The number of β-amino-alcohol motifs (C(OH)–C–C–N with tert-alkyl or cyclic N) is 1. The molecule has 1 fully saturated rings. The van der Waals surface area contributed by atoms with Crippen LogP contribution in [0.2, 0.25) is 0 Å². The molecular formula is C13H17N3O4. The number of rotatable bonds is 5. The third-order valence-corrected chi connectivity index (χ3v) is 3.40. The van der Waals surface area contributed by atoms with E-state index in [1.807, 2.05) is 0 Å². The Morgan fingerprint density at radius 3 is 2.85 bits per heavy atom. The zero-order chi connectivity index (χ0) is 14.5. The van der Waals surface area contributed by atoms with Crippen molar-refractivity contribution in [3.05, 3.63) is 39.9 Å². The van der Waals surface area contributed by atoms with Gasteiger partial charge in [0, 0.05) is 37.2 Å². The van der Waals surface area contributed by atoms with Crippen molar-refractivity contribution in [2.24, 2.45) is 5.92 Å². The first-order valence-electron chi connectivity index (χ1n) is 6.45. The van der Waals surface area contributed by atoms with Crippen molar-refractivity contribution in [1.82, 2.24) is 10.6 Å². The van der Waals surface area contributed by atoms with Gasteiger partial charge in [-0.2, -0.15) is 0 Å². The first kappa shape index (κ1) is 14.4. The van der Waals surface area contributed by atoms with Crippen LogP contribution < -0.4 is 10.6 Å². The van der Waals surface area contributed by atoms with Crippen molar-refractivity contribution in [3.63, 3.8) is 0 Å². The molecule has 1 aliphatic heterocycles. The third-order valence-electron chi connectivity index (χ3n) is 3.40. The maximum atomic E-state index is 11.8. The number of hydrogen-bond donors (Lipinski definition) is 3. The average molecular weight is 279 g/mol. The monoisotopic (exact) mass is 279 g/mol. The van der Waals surface area contributed by atoms with Gasteiger partial charge >= 0.3 is 0 Å². The molecule has 1 heterocycles. The number of amides is 1. The largest absolute Gasteiger partial charge is 0.391 e. The molecule has 0 bridgehead atoms. The lowest BCUT2D eigenvalue weighted by atomic mass is 10.1. The fourth-order valence-corrected chi connectivity index (χ4v) is 2.25. The number of carbonyl (C=O) groups excluding carboxylic acids is 1. The number of hydrogen-bond acceptors (Lipinski definition) is 5. The molecule has 0 saturated carbocycles. The number of aliphatic hydroxyl groups is 1. The lowest BCUT2D eigenvalue weighted by Gasteiger charge is -2.14. The summed E-state index contributed by atoms with van der Waals surface area (Å²) in [7, 11) is 0. The van der Waals surface area contributed by atoms with Crippen LogP contribution in [0.1, 0.15) is 5.56 Å². The minimum Gasteiger partial charge on any atom is -0.391 e. The summed E-state index contributed by atoms with van der Waals surface area (Å²) in [6.07, 6.45) is -0.491. The van der Waals surface area contributed by atoms with Crippen LogP contribution in [0.5, 0.6) is 0 Å². The molecule has 1 aliphatic rings. The Kier molecular flexibility index (Phi) is 4.65. The Bertz CT molecular complexity index is 506. The highest BCUT2D eigenvalue weighted by atomic mass is 16.6. The second-order valence-corrected chi connectivity index (χ2v) is 4.85. The molecule has 108 valence electrons. The van der Waals surface area contributed by atoms with E-state index in [9.17, 15) is 20.0 Å². The quantitative estimate of drug-likeness (QED) is 0.513. The lowest BCUT2D eigenvalue weighted by molar-refractivity contribution is -0.385. The number of carbonyl (C=O) groups is 1. The van der Waals surface area contributed by atoms with Crippen molar-refractivity contribution in [2.75, 3.05) is 19.6 Å². The van der Waals surface area contributed by atoms with Gasteiger partial charge in [0.15, 0.2) is 0 Å². The van der Waals surface area contributed by atoms with E-state index in [-0.39, 0.29) is 23.9 Å². The summed E-state index contributed by atoms with van der Waals surface area (Å²) in [5.41, 5.74) is 0.338. The Labute approximate surface area is 116 Å². The van der Waals surface area contributed by atoms with Gasteiger partial charge in [-0.15, -0.1) is 0 Å². The van der Waals surface area contributed by atoms with E-state index in [2.05, 4.69) is 10.6 Å². The summed E-state index contributed by atoms with van der Waals surface area (Å²) in [4.78, 5) is 22.2. The van der Waals surface area contributed by atoms with E-state index < -0.39 is 11.0 Å². The zero-order valence-corrected chi connectivity index (χ0v) is 10.9. The summed E-state index contributed by atoms with van der Waals surface area (Å²) in [5.74, 6) is -0.289. The molecule has 0 radical (unpaired) electrons. The van der Waals surface area contributed by atoms with E-state index in [0.29, 0.717) is 25.2 Å². The number of benzene rings is 1. The number of nitro groups is 1. The minimum atomic E-state index is -0.493. The molecule has 1 amide bonds. The molecule has 0 aliphatic carbocycles. The Balaban J connectivity index is 1.90. The summed E-state index contributed by atoms with van der Waals surface area (Å²) >= 11 is 0. The first-order chi connectivity index (χ1) is 9.58. The van der Waals surface area contributed by atoms with Crippen LogP contribution in [0, 0.1) is 16.0 Å². The van der Waals surface area contributed by atoms with Gasteiger partial charge in [-0.1, -0.05) is 18.2 Å². The van der Waals surface area contributed by atoms with Crippen LogP contribution in [0.25, 0.3) is 0 Å². The highest BCUT2D eigenvalue weighted by Gasteiger charge is 2.25. The second-order valence-electron chi connectivity index (χ2n) is 4.85. The topological polar surface area (TPSA) is 104 Å². The third kappa shape index (κ3) is 3.52. The molecule has 3 N–H and O–H groups in total. The number of nitrogens with one attached hydrogen (secondary N) is 2. The molecule has 1 saturated heterocycles. The summed E-state index contributed by atoms with van der Waals surface area (Å²) in [6.45, 7) is 1.56. The van der Waals surface area contributed by atoms with Gasteiger partial charge in [-0.25, -0.2) is 0 Å². The van der Waals surface area contributed by atoms with Gasteiger partial charge in [0.2, 0.25) is 5.91 Å². The number of nitrogens with zero attached hydrogens (tertiary/aromatic N) is 1. The van der Waals surface area contributed by atoms with Gasteiger partial charge in [-0.05, 0) is 0 Å². The number of para-hydroxylation sites is 1. The molecule has 0 spiro atoms. The van der Waals surface area contributed by atoms with Crippen LogP contribution in [0.3, 0.4) is 0 Å². The van der Waals surface area contributed by atoms with Gasteiger partial charge in [-0.3, -0.25) is 14.9 Å². The highest BCUT2D eigenvalue weighted by Crippen LogP contribution is 2.18. The summed E-state index contributed by atoms with van der Waals surface area (Å²) in [6, 6.07) is 6.19. The minimum absolute atomic E-state index is 0.00953. The molecule has 20 heavy (non-hydrogen) atoms. The van der Waals surface area contributed by atoms with Gasteiger partial charge < -0.3 is 15.7 Å². The smallest absolute Gasteiger partial charge is 0.273 e. The van der Waals surface area contributed by atoms with E-state index in [4.69, 9.17) is 0 Å². The van der Waals surface area contributed by atoms with Crippen molar-refractivity contribution < 1.29 is 14.8 Å². The molecule has 2 unspecified atom stereocenters. The van der Waals surface area contributed by atoms with Crippen molar-refractivity contribution in [1.29, 1.82) is 0 Å². The van der Waals surface area contributed by atoms with Crippen LogP contribution in [-0.2, 0) is 11.2 Å². The molecule has 2 rings (SSSR count). The molecule has 0 aromatic heterocycles. The predicted molar refractivity (Wildman–Crippen MR) is 72.2 cm³/mol. The number of aliphatic hydroxyl groups excluding tert-OH is 1. The molecule has 7 nitrogen and oxygen atoms in total.